The first-order chi connectivity index (χ1) is 15.5. The summed E-state index contributed by atoms with van der Waals surface area (Å²) < 4.78 is 5.23. The van der Waals surface area contributed by atoms with Gasteiger partial charge < -0.3 is 19.9 Å². The number of imidazole rings is 1. The normalized spacial score (nSPS) is 14.7. The lowest BCUT2D eigenvalue weighted by Crippen LogP contribution is -2.31. The molecule has 2 heterocycles. The van der Waals surface area contributed by atoms with Crippen molar-refractivity contribution in [2.24, 2.45) is 0 Å². The second kappa shape index (κ2) is 9.71. The zero-order valence-corrected chi connectivity index (χ0v) is 19.0. The van der Waals surface area contributed by atoms with E-state index in [2.05, 4.69) is 15.3 Å². The molecule has 1 atom stereocenters. The molecule has 0 radical (unpaired) electrons. The molecule has 1 aliphatic heterocycles. The molecule has 1 saturated heterocycles. The van der Waals surface area contributed by atoms with Crippen LogP contribution in [-0.4, -0.2) is 53.5 Å². The van der Waals surface area contributed by atoms with Gasteiger partial charge in [0.2, 0.25) is 0 Å². The Bertz CT molecular complexity index is 1140. The molecular formula is C24H27ClN4O3. The van der Waals surface area contributed by atoms with E-state index in [0.717, 1.165) is 42.5 Å². The van der Waals surface area contributed by atoms with Gasteiger partial charge in [-0.25, -0.2) is 4.98 Å². The minimum atomic E-state index is -0.361. The van der Waals surface area contributed by atoms with Crippen LogP contribution in [0.5, 0.6) is 0 Å². The van der Waals surface area contributed by atoms with Crippen LogP contribution in [0.25, 0.3) is 11.0 Å². The van der Waals surface area contributed by atoms with Gasteiger partial charge in [0.25, 0.3) is 11.8 Å². The van der Waals surface area contributed by atoms with E-state index in [1.807, 2.05) is 17.9 Å². The number of nitrogens with zero attached hydrogens (tertiary/aromatic N) is 2. The molecule has 7 nitrogen and oxygen atoms in total. The van der Waals surface area contributed by atoms with Crippen LogP contribution in [0.4, 0.5) is 0 Å². The number of rotatable bonds is 7. The highest BCUT2D eigenvalue weighted by Crippen LogP contribution is 2.23. The summed E-state index contributed by atoms with van der Waals surface area (Å²) in [6, 6.07) is 10.3. The second-order valence-corrected chi connectivity index (χ2v) is 8.56. The van der Waals surface area contributed by atoms with Crippen LogP contribution in [0.3, 0.4) is 0 Å². The fourth-order valence-corrected chi connectivity index (χ4v) is 4.22. The highest BCUT2D eigenvalue weighted by molar-refractivity contribution is 6.31. The molecule has 0 saturated carbocycles. The number of nitrogens with one attached hydrogen (secondary N) is 2. The van der Waals surface area contributed by atoms with E-state index in [9.17, 15) is 9.59 Å². The first kappa shape index (κ1) is 22.3. The molecule has 2 aromatic carbocycles. The lowest BCUT2D eigenvalue weighted by atomic mass is 10.0. The van der Waals surface area contributed by atoms with Gasteiger partial charge in [-0.3, -0.25) is 9.59 Å². The number of aryl methyl sites for hydroxylation is 1. The molecule has 2 amide bonds. The zero-order chi connectivity index (χ0) is 22.7. The van der Waals surface area contributed by atoms with Gasteiger partial charge in [-0.2, -0.15) is 0 Å². The molecule has 8 heteroatoms. The summed E-state index contributed by atoms with van der Waals surface area (Å²) in [5, 5.41) is 3.65. The third-order valence-corrected chi connectivity index (χ3v) is 6.06. The van der Waals surface area contributed by atoms with Gasteiger partial charge in [0.1, 0.15) is 5.82 Å². The molecule has 168 valence electrons. The highest BCUT2D eigenvalue weighted by Gasteiger charge is 2.23. The van der Waals surface area contributed by atoms with Gasteiger partial charge in [0.05, 0.1) is 17.1 Å². The van der Waals surface area contributed by atoms with E-state index in [1.165, 1.54) is 0 Å². The summed E-state index contributed by atoms with van der Waals surface area (Å²) in [6.45, 7) is 3.92. The van der Waals surface area contributed by atoms with Crippen LogP contribution in [0, 0.1) is 6.92 Å². The number of carbonyl (C=O) groups is 2. The monoisotopic (exact) mass is 454 g/mol. The van der Waals surface area contributed by atoms with Crippen molar-refractivity contribution in [3.8, 4) is 0 Å². The number of hydrogen-bond acceptors (Lipinski definition) is 4. The molecule has 1 fully saturated rings. The van der Waals surface area contributed by atoms with Gasteiger partial charge >= 0.3 is 0 Å². The maximum absolute atomic E-state index is 13.0. The van der Waals surface area contributed by atoms with Crippen molar-refractivity contribution in [3.05, 3.63) is 63.9 Å². The number of aromatic nitrogens is 2. The summed E-state index contributed by atoms with van der Waals surface area (Å²) in [7, 11) is 1.62. The number of carbonyl (C=O) groups excluding carboxylic acids is 2. The SMILES string of the molecule is COCC[C@H](NC(=O)c1ccc(C(=O)N2CCCC2)c(C)c1)c1nc2cc(Cl)ccc2[nH]1. The van der Waals surface area contributed by atoms with Crippen molar-refractivity contribution in [1.29, 1.82) is 0 Å². The summed E-state index contributed by atoms with van der Waals surface area (Å²) in [6.07, 6.45) is 2.64. The van der Waals surface area contributed by atoms with E-state index in [0.29, 0.717) is 35.0 Å². The topological polar surface area (TPSA) is 87.3 Å². The van der Waals surface area contributed by atoms with Crippen molar-refractivity contribution in [3.63, 3.8) is 0 Å². The molecular weight excluding hydrogens is 428 g/mol. The Balaban J connectivity index is 1.53. The molecule has 0 bridgehead atoms. The van der Waals surface area contributed by atoms with Gasteiger partial charge in [-0.1, -0.05) is 11.6 Å². The molecule has 32 heavy (non-hydrogen) atoms. The lowest BCUT2D eigenvalue weighted by Gasteiger charge is -2.18. The fourth-order valence-electron chi connectivity index (χ4n) is 4.05. The molecule has 2 N–H and O–H groups in total. The number of methoxy groups -OCH3 is 1. The van der Waals surface area contributed by atoms with Gasteiger partial charge in [0, 0.05) is 43.0 Å². The Labute approximate surface area is 192 Å². The summed E-state index contributed by atoms with van der Waals surface area (Å²) in [5.41, 5.74) is 3.53. The van der Waals surface area contributed by atoms with Gasteiger partial charge in [0.15, 0.2) is 0 Å². The van der Waals surface area contributed by atoms with Crippen LogP contribution in [0.1, 0.15) is 57.4 Å². The predicted octanol–water partition coefficient (Wildman–Crippen LogP) is 4.27. The number of ether oxygens (including phenoxy) is 1. The minimum Gasteiger partial charge on any atom is -0.385 e. The standard InChI is InChI=1S/C24H27ClN4O3/c1-15-13-16(5-7-18(15)24(31)29-10-3-4-11-29)23(30)28-20(9-12-32-2)22-26-19-8-6-17(25)14-21(19)27-22/h5-8,13-14,20H,3-4,9-12H2,1-2H3,(H,26,27)(H,28,30)/t20-/m0/s1. The molecule has 1 aromatic heterocycles. The Morgan fingerprint density at radius 2 is 2.00 bits per heavy atom. The first-order valence-corrected chi connectivity index (χ1v) is 11.2. The Morgan fingerprint density at radius 3 is 2.72 bits per heavy atom. The lowest BCUT2D eigenvalue weighted by molar-refractivity contribution is 0.0791. The van der Waals surface area contributed by atoms with Crippen LogP contribution in [-0.2, 0) is 4.74 Å². The van der Waals surface area contributed by atoms with Crippen LogP contribution in [0.15, 0.2) is 36.4 Å². The van der Waals surface area contributed by atoms with Crippen LogP contribution >= 0.6 is 11.6 Å². The summed E-state index contributed by atoms with van der Waals surface area (Å²) in [5.74, 6) is 0.448. The van der Waals surface area contributed by atoms with Gasteiger partial charge in [-0.05, 0) is 68.1 Å². The predicted molar refractivity (Wildman–Crippen MR) is 124 cm³/mol. The van der Waals surface area contributed by atoms with Crippen LogP contribution < -0.4 is 5.32 Å². The second-order valence-electron chi connectivity index (χ2n) is 8.12. The maximum atomic E-state index is 13.0. The first-order valence-electron chi connectivity index (χ1n) is 10.8. The number of aromatic amines is 1. The minimum absolute atomic E-state index is 0.0332. The Morgan fingerprint density at radius 1 is 1.22 bits per heavy atom. The van der Waals surface area contributed by atoms with E-state index in [1.54, 1.807) is 37.4 Å². The van der Waals surface area contributed by atoms with E-state index in [4.69, 9.17) is 16.3 Å². The zero-order valence-electron chi connectivity index (χ0n) is 18.3. The summed E-state index contributed by atoms with van der Waals surface area (Å²) in [4.78, 5) is 35.5. The number of hydrogen-bond donors (Lipinski definition) is 2. The average molecular weight is 455 g/mol. The number of halogens is 1. The number of likely N-dealkylation sites (tertiary alicyclic amines) is 1. The average Bonchev–Trinajstić information content (AvgIpc) is 3.45. The molecule has 4 rings (SSSR count). The number of amides is 2. The molecule has 3 aromatic rings. The number of fused-ring (bicyclic) bond motifs is 1. The molecule has 1 aliphatic rings. The van der Waals surface area contributed by atoms with Crippen molar-refractivity contribution in [1.82, 2.24) is 20.2 Å². The Hall–Kier alpha value is -2.90. The maximum Gasteiger partial charge on any atom is 0.254 e. The third-order valence-electron chi connectivity index (χ3n) is 5.82. The van der Waals surface area contributed by atoms with Crippen molar-refractivity contribution < 1.29 is 14.3 Å². The fraction of sp³-hybridized carbons (Fsp3) is 0.375. The third kappa shape index (κ3) is 4.79. The van der Waals surface area contributed by atoms with Crippen LogP contribution in [0.2, 0.25) is 5.02 Å². The number of benzene rings is 2. The highest BCUT2D eigenvalue weighted by atomic mass is 35.5. The quantitative estimate of drug-likeness (QED) is 0.558. The van der Waals surface area contributed by atoms with E-state index >= 15 is 0 Å². The Kier molecular flexibility index (Phi) is 6.77. The number of H-pyrrole nitrogens is 1. The van der Waals surface area contributed by atoms with Crippen molar-refractivity contribution in [2.75, 3.05) is 26.8 Å². The molecule has 0 aliphatic carbocycles. The molecule has 0 unspecified atom stereocenters. The van der Waals surface area contributed by atoms with Crippen molar-refractivity contribution >= 4 is 34.4 Å². The van der Waals surface area contributed by atoms with Gasteiger partial charge in [-0.15, -0.1) is 0 Å². The van der Waals surface area contributed by atoms with E-state index in [-0.39, 0.29) is 17.9 Å². The van der Waals surface area contributed by atoms with Crippen molar-refractivity contribution in [2.45, 2.75) is 32.2 Å². The molecule has 0 spiro atoms. The summed E-state index contributed by atoms with van der Waals surface area (Å²) >= 11 is 6.08. The van der Waals surface area contributed by atoms with E-state index < -0.39 is 0 Å². The smallest absolute Gasteiger partial charge is 0.254 e. The largest absolute Gasteiger partial charge is 0.385 e.